The fourth-order valence-corrected chi connectivity index (χ4v) is 2.26. The molecule has 1 heterocycles. The van der Waals surface area contributed by atoms with Gasteiger partial charge in [0.25, 0.3) is 0 Å². The van der Waals surface area contributed by atoms with Crippen molar-refractivity contribution in [2.45, 2.75) is 13.3 Å². The van der Waals surface area contributed by atoms with Gasteiger partial charge in [-0.2, -0.15) is 4.39 Å². The third kappa shape index (κ3) is 1.33. The van der Waals surface area contributed by atoms with Crippen LogP contribution in [0, 0.1) is 5.13 Å². The summed E-state index contributed by atoms with van der Waals surface area (Å²) in [5.74, 6) is 0. The van der Waals surface area contributed by atoms with Crippen molar-refractivity contribution in [2.75, 3.05) is 0 Å². The highest BCUT2D eigenvalue weighted by molar-refractivity contribution is 9.10. The topological polar surface area (TPSA) is 0 Å². The molecule has 0 unspecified atom stereocenters. The molecule has 3 heteroatoms. The van der Waals surface area contributed by atoms with Crippen molar-refractivity contribution >= 4 is 27.3 Å². The van der Waals surface area contributed by atoms with E-state index in [-0.39, 0.29) is 5.13 Å². The first-order valence-corrected chi connectivity index (χ1v) is 4.34. The van der Waals surface area contributed by atoms with Crippen LogP contribution in [-0.4, -0.2) is 0 Å². The number of halogens is 2. The van der Waals surface area contributed by atoms with Crippen molar-refractivity contribution in [1.82, 2.24) is 0 Å². The summed E-state index contributed by atoms with van der Waals surface area (Å²) in [6, 6.07) is 0. The molecular weight excluding hydrogens is 203 g/mol. The first kappa shape index (κ1) is 7.22. The third-order valence-electron chi connectivity index (χ3n) is 1.14. The Morgan fingerprint density at radius 2 is 2.44 bits per heavy atom. The second-order valence-corrected chi connectivity index (χ2v) is 3.37. The predicted octanol–water partition coefficient (Wildman–Crippen LogP) is 3.21. The van der Waals surface area contributed by atoms with Crippen molar-refractivity contribution < 1.29 is 4.39 Å². The van der Waals surface area contributed by atoms with Crippen LogP contribution in [0.5, 0.6) is 0 Å². The van der Waals surface area contributed by atoms with Gasteiger partial charge >= 0.3 is 0 Å². The molecule has 0 aliphatic heterocycles. The van der Waals surface area contributed by atoms with Gasteiger partial charge in [0, 0.05) is 15.4 Å². The lowest BCUT2D eigenvalue weighted by atomic mass is 10.3. The Kier molecular flexibility index (Phi) is 2.24. The molecule has 0 aromatic carbocycles. The predicted molar refractivity (Wildman–Crippen MR) is 41.4 cm³/mol. The molecule has 0 spiro atoms. The van der Waals surface area contributed by atoms with Crippen LogP contribution in [0.4, 0.5) is 4.39 Å². The van der Waals surface area contributed by atoms with E-state index in [2.05, 4.69) is 15.9 Å². The second-order valence-electron chi connectivity index (χ2n) is 1.69. The number of hydrogen-bond donors (Lipinski definition) is 0. The van der Waals surface area contributed by atoms with Crippen LogP contribution in [0.25, 0.3) is 0 Å². The molecule has 0 nitrogen and oxygen atoms in total. The van der Waals surface area contributed by atoms with Crippen LogP contribution in [0.2, 0.25) is 0 Å². The molecule has 0 aliphatic carbocycles. The molecule has 0 fully saturated rings. The monoisotopic (exact) mass is 208 g/mol. The molecular formula is C6H6BrFS. The lowest BCUT2D eigenvalue weighted by molar-refractivity contribution is 0.641. The van der Waals surface area contributed by atoms with E-state index in [0.717, 1.165) is 27.8 Å². The van der Waals surface area contributed by atoms with Crippen molar-refractivity contribution in [1.29, 1.82) is 0 Å². The van der Waals surface area contributed by atoms with E-state index in [4.69, 9.17) is 0 Å². The van der Waals surface area contributed by atoms with Crippen molar-refractivity contribution in [3.05, 3.63) is 20.5 Å². The highest BCUT2D eigenvalue weighted by Gasteiger charge is 2.05. The van der Waals surface area contributed by atoms with Gasteiger partial charge in [-0.1, -0.05) is 6.92 Å². The van der Waals surface area contributed by atoms with Crippen LogP contribution < -0.4 is 0 Å². The molecule has 50 valence electrons. The van der Waals surface area contributed by atoms with Crippen molar-refractivity contribution in [3.63, 3.8) is 0 Å². The van der Waals surface area contributed by atoms with Gasteiger partial charge < -0.3 is 0 Å². The lowest BCUT2D eigenvalue weighted by Crippen LogP contribution is -1.78. The Labute approximate surface area is 65.8 Å². The maximum Gasteiger partial charge on any atom is 0.180 e. The van der Waals surface area contributed by atoms with Crippen LogP contribution in [0.3, 0.4) is 0 Å². The van der Waals surface area contributed by atoms with E-state index in [1.54, 1.807) is 5.38 Å². The van der Waals surface area contributed by atoms with Gasteiger partial charge in [0.2, 0.25) is 0 Å². The van der Waals surface area contributed by atoms with E-state index < -0.39 is 0 Å². The summed E-state index contributed by atoms with van der Waals surface area (Å²) in [5, 5.41) is 1.71. The summed E-state index contributed by atoms with van der Waals surface area (Å²) in [5.41, 5.74) is 0.792. The van der Waals surface area contributed by atoms with Gasteiger partial charge in [-0.15, -0.1) is 11.3 Å². The van der Waals surface area contributed by atoms with E-state index in [1.165, 1.54) is 0 Å². The standard InChI is InChI=1S/C6H6BrFS/c1-2-4-5(7)3-9-6(4)8/h3H,2H2,1H3. The van der Waals surface area contributed by atoms with Crippen molar-refractivity contribution in [2.24, 2.45) is 0 Å². The first-order chi connectivity index (χ1) is 4.25. The average molecular weight is 209 g/mol. The fraction of sp³-hybridized carbons (Fsp3) is 0.333. The highest BCUT2D eigenvalue weighted by atomic mass is 79.9. The summed E-state index contributed by atoms with van der Waals surface area (Å²) in [7, 11) is 0. The molecule has 0 N–H and O–H groups in total. The van der Waals surface area contributed by atoms with E-state index in [0.29, 0.717) is 0 Å². The van der Waals surface area contributed by atoms with Crippen molar-refractivity contribution in [3.8, 4) is 0 Å². The zero-order valence-corrected chi connectivity index (χ0v) is 7.35. The second kappa shape index (κ2) is 2.80. The van der Waals surface area contributed by atoms with Gasteiger partial charge in [0.1, 0.15) is 0 Å². The summed E-state index contributed by atoms with van der Waals surface area (Å²) in [6.45, 7) is 1.94. The van der Waals surface area contributed by atoms with Gasteiger partial charge in [0.15, 0.2) is 5.13 Å². The molecule has 9 heavy (non-hydrogen) atoms. The average Bonchev–Trinajstić information content (AvgIpc) is 2.12. The number of rotatable bonds is 1. The number of thiophene rings is 1. The third-order valence-corrected chi connectivity index (χ3v) is 2.96. The Morgan fingerprint density at radius 3 is 2.67 bits per heavy atom. The van der Waals surface area contributed by atoms with Gasteiger partial charge in [0.05, 0.1) is 0 Å². The minimum absolute atomic E-state index is 0.0654. The van der Waals surface area contributed by atoms with E-state index >= 15 is 0 Å². The zero-order valence-electron chi connectivity index (χ0n) is 4.95. The Hall–Kier alpha value is 0.110. The molecule has 0 aliphatic rings. The quantitative estimate of drug-likeness (QED) is 0.666. The molecule has 1 aromatic heterocycles. The smallest absolute Gasteiger partial charge is 0.180 e. The van der Waals surface area contributed by atoms with Crippen LogP contribution in [-0.2, 0) is 6.42 Å². The molecule has 0 bridgehead atoms. The summed E-state index contributed by atoms with van der Waals surface area (Å²) < 4.78 is 13.5. The normalized spacial score (nSPS) is 10.1. The SMILES string of the molecule is CCc1c(Br)csc1F. The molecule has 1 rings (SSSR count). The molecule has 1 aromatic rings. The van der Waals surface area contributed by atoms with Gasteiger partial charge in [-0.25, -0.2) is 0 Å². The van der Waals surface area contributed by atoms with Crippen LogP contribution in [0.1, 0.15) is 12.5 Å². The molecule has 0 radical (unpaired) electrons. The summed E-state index contributed by atoms with van der Waals surface area (Å²) in [6.07, 6.45) is 0.760. The lowest BCUT2D eigenvalue weighted by Gasteiger charge is -1.89. The Bertz CT molecular complexity index is 187. The number of hydrogen-bond acceptors (Lipinski definition) is 1. The first-order valence-electron chi connectivity index (χ1n) is 2.67. The van der Waals surface area contributed by atoms with Crippen LogP contribution in [0.15, 0.2) is 9.85 Å². The summed E-state index contributed by atoms with van der Waals surface area (Å²) >= 11 is 4.39. The van der Waals surface area contributed by atoms with Gasteiger partial charge in [-0.3, -0.25) is 0 Å². The maximum absolute atomic E-state index is 12.6. The van der Waals surface area contributed by atoms with E-state index in [9.17, 15) is 4.39 Å². The summed E-state index contributed by atoms with van der Waals surface area (Å²) in [4.78, 5) is 0. The van der Waals surface area contributed by atoms with E-state index in [1.807, 2.05) is 6.92 Å². The zero-order chi connectivity index (χ0) is 6.85. The molecule has 0 saturated heterocycles. The van der Waals surface area contributed by atoms with Crippen LogP contribution >= 0.6 is 27.3 Å². The largest absolute Gasteiger partial charge is 0.195 e. The Balaban J connectivity index is 3.07. The molecule has 0 amide bonds. The minimum Gasteiger partial charge on any atom is -0.195 e. The fourth-order valence-electron chi connectivity index (χ4n) is 0.647. The molecule has 0 saturated carbocycles. The molecule has 0 atom stereocenters. The minimum atomic E-state index is -0.0654. The van der Waals surface area contributed by atoms with Gasteiger partial charge in [-0.05, 0) is 22.4 Å². The Morgan fingerprint density at radius 1 is 1.78 bits per heavy atom. The highest BCUT2D eigenvalue weighted by Crippen LogP contribution is 2.25. The maximum atomic E-state index is 12.6.